The fourth-order valence-electron chi connectivity index (χ4n) is 3.08. The molecule has 0 aromatic carbocycles. The number of thiazole rings is 1. The maximum Gasteiger partial charge on any atom is 0.246 e. The Morgan fingerprint density at radius 2 is 2.41 bits per heavy atom. The summed E-state index contributed by atoms with van der Waals surface area (Å²) in [5.74, 6) is 0.412. The average Bonchev–Trinajstić information content (AvgIpc) is 3.14. The lowest BCUT2D eigenvalue weighted by atomic mass is 9.90. The Labute approximate surface area is 134 Å². The number of rotatable bonds is 4. The lowest BCUT2D eigenvalue weighted by Gasteiger charge is -2.28. The Balaban J connectivity index is 1.69. The third-order valence-electron chi connectivity index (χ3n) is 4.24. The molecule has 1 aliphatic carbocycles. The molecule has 0 spiro atoms. The quantitative estimate of drug-likeness (QED) is 0.866. The van der Waals surface area contributed by atoms with Gasteiger partial charge in [-0.3, -0.25) is 4.79 Å². The largest absolute Gasteiger partial charge is 0.343 e. The third-order valence-corrected chi connectivity index (χ3v) is 5.29. The van der Waals surface area contributed by atoms with Crippen LogP contribution < -0.4 is 0 Å². The number of fused-ring (bicyclic) bond motifs is 1. The monoisotopic (exact) mass is 319 g/mol. The van der Waals surface area contributed by atoms with Gasteiger partial charge in [0.2, 0.25) is 5.91 Å². The number of carbonyl (C=O) groups is 1. The second kappa shape index (κ2) is 6.16. The van der Waals surface area contributed by atoms with Crippen LogP contribution in [0.1, 0.15) is 47.3 Å². The van der Waals surface area contributed by atoms with Gasteiger partial charge in [0.05, 0.1) is 10.7 Å². The van der Waals surface area contributed by atoms with Crippen LogP contribution >= 0.6 is 11.3 Å². The molecule has 2 heterocycles. The van der Waals surface area contributed by atoms with E-state index in [4.69, 9.17) is 4.98 Å². The predicted octanol–water partition coefficient (Wildman–Crippen LogP) is 2.18. The number of amides is 1. The first-order chi connectivity index (χ1) is 10.6. The van der Waals surface area contributed by atoms with E-state index in [1.54, 1.807) is 27.2 Å². The molecule has 0 saturated carbocycles. The smallest absolute Gasteiger partial charge is 0.246 e. The van der Waals surface area contributed by atoms with Crippen molar-refractivity contribution in [3.05, 3.63) is 28.2 Å². The zero-order valence-corrected chi connectivity index (χ0v) is 14.0. The summed E-state index contributed by atoms with van der Waals surface area (Å²) in [6, 6.07) is -0.326. The summed E-state index contributed by atoms with van der Waals surface area (Å²) in [7, 11) is 1.86. The van der Waals surface area contributed by atoms with E-state index in [0.717, 1.165) is 17.8 Å². The Hall–Kier alpha value is -1.76. The van der Waals surface area contributed by atoms with Crippen molar-refractivity contribution in [2.24, 2.45) is 0 Å². The molecule has 0 radical (unpaired) electrons. The van der Waals surface area contributed by atoms with Crippen LogP contribution in [0.3, 0.4) is 0 Å². The summed E-state index contributed by atoms with van der Waals surface area (Å²) in [4.78, 5) is 24.4. The zero-order valence-electron chi connectivity index (χ0n) is 13.2. The fraction of sp³-hybridized carbons (Fsp3) is 0.600. The van der Waals surface area contributed by atoms with Gasteiger partial charge in [0.1, 0.15) is 18.7 Å². The minimum atomic E-state index is -0.326. The molecule has 0 fully saturated rings. The summed E-state index contributed by atoms with van der Waals surface area (Å²) < 4.78 is 1.60. The molecule has 3 rings (SSSR count). The highest BCUT2D eigenvalue weighted by molar-refractivity contribution is 7.11. The van der Waals surface area contributed by atoms with Gasteiger partial charge >= 0.3 is 0 Å². The second-order valence-electron chi connectivity index (χ2n) is 5.90. The highest BCUT2D eigenvalue weighted by Crippen LogP contribution is 2.35. The maximum atomic E-state index is 12.6. The van der Waals surface area contributed by atoms with E-state index in [1.165, 1.54) is 23.3 Å². The molecular weight excluding hydrogens is 298 g/mol. The molecule has 22 heavy (non-hydrogen) atoms. The van der Waals surface area contributed by atoms with Crippen molar-refractivity contribution in [1.82, 2.24) is 24.6 Å². The lowest BCUT2D eigenvalue weighted by Crippen LogP contribution is -2.36. The molecule has 0 bridgehead atoms. The molecule has 0 saturated heterocycles. The predicted molar refractivity (Wildman–Crippen MR) is 84.9 cm³/mol. The normalized spacial score (nSPS) is 18.8. The molecule has 2 atom stereocenters. The van der Waals surface area contributed by atoms with Gasteiger partial charge in [0.15, 0.2) is 0 Å². The number of hydrogen-bond acceptors (Lipinski definition) is 5. The van der Waals surface area contributed by atoms with Crippen molar-refractivity contribution >= 4 is 17.2 Å². The van der Waals surface area contributed by atoms with Gasteiger partial charge < -0.3 is 4.90 Å². The summed E-state index contributed by atoms with van der Waals surface area (Å²) in [5, 5.41) is 5.18. The van der Waals surface area contributed by atoms with Crippen molar-refractivity contribution in [2.45, 2.75) is 45.1 Å². The lowest BCUT2D eigenvalue weighted by molar-refractivity contribution is -0.133. The van der Waals surface area contributed by atoms with E-state index in [1.807, 2.05) is 14.0 Å². The van der Waals surface area contributed by atoms with Gasteiger partial charge in [-0.1, -0.05) is 0 Å². The molecule has 0 aliphatic heterocycles. The summed E-state index contributed by atoms with van der Waals surface area (Å²) >= 11 is 1.80. The van der Waals surface area contributed by atoms with Crippen molar-refractivity contribution < 1.29 is 4.79 Å². The molecule has 0 unspecified atom stereocenters. The number of hydrogen-bond donors (Lipinski definition) is 0. The highest BCUT2D eigenvalue weighted by atomic mass is 32.1. The fourth-order valence-corrected chi connectivity index (χ4v) is 4.14. The third kappa shape index (κ3) is 2.90. The molecule has 0 N–H and O–H groups in total. The molecule has 1 amide bonds. The molecule has 1 aliphatic rings. The molecular formula is C15H21N5OS. The number of nitrogens with zero attached hydrogens (tertiary/aromatic N) is 5. The molecule has 2 aromatic rings. The molecule has 2 aromatic heterocycles. The topological polar surface area (TPSA) is 63.9 Å². The summed E-state index contributed by atoms with van der Waals surface area (Å²) in [6.45, 7) is 4.63. The summed E-state index contributed by atoms with van der Waals surface area (Å²) in [6.07, 6.45) is 6.45. The minimum Gasteiger partial charge on any atom is -0.343 e. The van der Waals surface area contributed by atoms with Gasteiger partial charge in [-0.15, -0.1) is 11.3 Å². The average molecular weight is 319 g/mol. The number of likely N-dealkylation sites (N-methyl/N-ethyl adjacent to an activating group) is 1. The van der Waals surface area contributed by atoms with Crippen molar-refractivity contribution in [2.75, 3.05) is 13.6 Å². The second-order valence-corrected chi connectivity index (χ2v) is 7.19. The number of aromatic nitrogens is 4. The molecule has 7 heteroatoms. The van der Waals surface area contributed by atoms with Crippen LogP contribution in [0.5, 0.6) is 0 Å². The number of carbonyl (C=O) groups excluding carboxylic acids is 1. The van der Waals surface area contributed by atoms with Gasteiger partial charge in [-0.05, 0) is 33.1 Å². The van der Waals surface area contributed by atoms with Crippen LogP contribution in [-0.2, 0) is 11.2 Å². The first kappa shape index (κ1) is 15.1. The number of aryl methyl sites for hydroxylation is 2. The van der Waals surface area contributed by atoms with E-state index in [-0.39, 0.29) is 11.9 Å². The minimum absolute atomic E-state index is 0.0598. The van der Waals surface area contributed by atoms with Crippen LogP contribution in [0.4, 0.5) is 0 Å². The Morgan fingerprint density at radius 3 is 3.14 bits per heavy atom. The van der Waals surface area contributed by atoms with Crippen LogP contribution in [-0.4, -0.2) is 44.1 Å². The van der Waals surface area contributed by atoms with Gasteiger partial charge in [-0.25, -0.2) is 14.6 Å². The van der Waals surface area contributed by atoms with Gasteiger partial charge in [0.25, 0.3) is 0 Å². The van der Waals surface area contributed by atoms with Crippen molar-refractivity contribution in [3.63, 3.8) is 0 Å². The van der Waals surface area contributed by atoms with E-state index >= 15 is 0 Å². The zero-order chi connectivity index (χ0) is 15.7. The van der Waals surface area contributed by atoms with Crippen LogP contribution in [0.25, 0.3) is 0 Å². The Morgan fingerprint density at radius 1 is 1.59 bits per heavy atom. The Bertz CT molecular complexity index is 651. The van der Waals surface area contributed by atoms with Crippen molar-refractivity contribution in [1.29, 1.82) is 0 Å². The standard InChI is InChI=1S/C15H21N5OS/c1-10(20-9-16-8-17-20)15(21)19(3)7-12-5-4-6-13-14(12)18-11(2)22-13/h8-10,12H,4-7H2,1-3H3/t10-,12-/m1/s1. The first-order valence-corrected chi connectivity index (χ1v) is 8.43. The maximum absolute atomic E-state index is 12.6. The van der Waals surface area contributed by atoms with Crippen molar-refractivity contribution in [3.8, 4) is 0 Å². The first-order valence-electron chi connectivity index (χ1n) is 7.61. The Kier molecular flexibility index (Phi) is 4.24. The molecule has 6 nitrogen and oxygen atoms in total. The summed E-state index contributed by atoms with van der Waals surface area (Å²) in [5.41, 5.74) is 1.21. The highest BCUT2D eigenvalue weighted by Gasteiger charge is 2.28. The van der Waals surface area contributed by atoms with E-state index in [0.29, 0.717) is 12.5 Å². The van der Waals surface area contributed by atoms with Crippen LogP contribution in [0.15, 0.2) is 12.7 Å². The van der Waals surface area contributed by atoms with Crippen LogP contribution in [0.2, 0.25) is 0 Å². The molecule has 118 valence electrons. The van der Waals surface area contributed by atoms with E-state index in [9.17, 15) is 4.79 Å². The van der Waals surface area contributed by atoms with E-state index < -0.39 is 0 Å². The van der Waals surface area contributed by atoms with Crippen LogP contribution in [0, 0.1) is 6.92 Å². The van der Waals surface area contributed by atoms with E-state index in [2.05, 4.69) is 17.0 Å². The van der Waals surface area contributed by atoms with Gasteiger partial charge in [-0.2, -0.15) is 5.10 Å². The SMILES string of the molecule is Cc1nc2c(s1)CCC[C@@H]2CN(C)C(=O)[C@@H](C)n1cncn1. The van der Waals surface area contributed by atoms with Gasteiger partial charge in [0, 0.05) is 24.4 Å².